The molecule has 0 aliphatic heterocycles. The maximum atomic E-state index is 11.6. The molecular weight excluding hydrogens is 640 g/mol. The molecule has 18 nitrogen and oxygen atoms in total. The molecule has 0 aromatic heterocycles. The van der Waals surface area contributed by atoms with Crippen LogP contribution in [0.25, 0.3) is 10.8 Å². The predicted molar refractivity (Wildman–Crippen MR) is 164 cm³/mol. The van der Waals surface area contributed by atoms with Crippen molar-refractivity contribution >= 4 is 66.4 Å². The zero-order valence-electron chi connectivity index (χ0n) is 23.3. The second-order valence-electron chi connectivity index (χ2n) is 9.37. The average Bonchev–Trinajstić information content (AvgIpc) is 3.03. The van der Waals surface area contributed by atoms with Crippen LogP contribution in [0.1, 0.15) is 0 Å². The van der Waals surface area contributed by atoms with E-state index < -0.39 is 64.9 Å². The molecule has 0 amide bonds. The summed E-state index contributed by atoms with van der Waals surface area (Å²) in [5, 5.41) is 79.5. The summed E-state index contributed by atoms with van der Waals surface area (Å²) in [5.74, 6) is -2.79. The van der Waals surface area contributed by atoms with Crippen LogP contribution in [-0.2, 0) is 10.1 Å². The van der Waals surface area contributed by atoms with Gasteiger partial charge in [-0.2, -0.15) is 13.5 Å². The second-order valence-corrected chi connectivity index (χ2v) is 10.8. The van der Waals surface area contributed by atoms with Crippen LogP contribution in [-0.4, -0.2) is 38.1 Å². The molecule has 5 aromatic carbocycles. The molecule has 4 N–H and O–H groups in total. The summed E-state index contributed by atoms with van der Waals surface area (Å²) in [6.45, 7) is 0. The van der Waals surface area contributed by atoms with Crippen molar-refractivity contribution in [2.45, 2.75) is 4.90 Å². The van der Waals surface area contributed by atoms with E-state index in [-0.39, 0.29) is 17.1 Å². The Labute approximate surface area is 262 Å². The van der Waals surface area contributed by atoms with Crippen LogP contribution in [0, 0.1) is 20.2 Å². The molecule has 0 fully saturated rings. The number of phenolic OH excluding ortho intramolecular Hbond substituents is 3. The van der Waals surface area contributed by atoms with Gasteiger partial charge < -0.3 is 15.3 Å². The lowest BCUT2D eigenvalue weighted by molar-refractivity contribution is -0.386. The minimum absolute atomic E-state index is 0.158. The van der Waals surface area contributed by atoms with Crippen LogP contribution in [0.15, 0.2) is 121 Å². The fourth-order valence-corrected chi connectivity index (χ4v) is 4.61. The Balaban J connectivity index is 1.64. The lowest BCUT2D eigenvalue weighted by atomic mass is 10.1. The van der Waals surface area contributed by atoms with Gasteiger partial charge in [0.25, 0.3) is 15.8 Å². The number of fused-ring (bicyclic) bond motifs is 1. The summed E-state index contributed by atoms with van der Waals surface area (Å²) in [5.41, 5.74) is -2.98. The summed E-state index contributed by atoms with van der Waals surface area (Å²) in [4.78, 5) is 19.6. The highest BCUT2D eigenvalue weighted by Crippen LogP contribution is 2.51. The van der Waals surface area contributed by atoms with Crippen LogP contribution in [0.4, 0.5) is 45.5 Å². The van der Waals surface area contributed by atoms with Gasteiger partial charge >= 0.3 is 5.69 Å². The fraction of sp³-hybridized carbons (Fsp3) is 0. The molecule has 47 heavy (non-hydrogen) atoms. The largest absolute Gasteiger partial charge is 0.505 e. The molecular formula is C28H18N8O10S. The van der Waals surface area contributed by atoms with E-state index in [9.17, 15) is 48.5 Å². The molecule has 0 unspecified atom stereocenters. The Hall–Kier alpha value is -6.73. The van der Waals surface area contributed by atoms with E-state index in [2.05, 4.69) is 30.7 Å². The van der Waals surface area contributed by atoms with Crippen molar-refractivity contribution < 1.29 is 38.1 Å². The summed E-state index contributed by atoms with van der Waals surface area (Å²) >= 11 is 0. The molecule has 0 bridgehead atoms. The van der Waals surface area contributed by atoms with Gasteiger partial charge in [-0.15, -0.1) is 25.6 Å². The van der Waals surface area contributed by atoms with E-state index >= 15 is 0 Å². The molecule has 236 valence electrons. The molecule has 0 radical (unpaired) electrons. The highest BCUT2D eigenvalue weighted by Gasteiger charge is 2.25. The molecule has 0 heterocycles. The van der Waals surface area contributed by atoms with Crippen LogP contribution in [0.3, 0.4) is 0 Å². The second kappa shape index (κ2) is 12.7. The van der Waals surface area contributed by atoms with E-state index in [4.69, 9.17) is 0 Å². The number of hydrogen-bond acceptors (Lipinski definition) is 15. The summed E-state index contributed by atoms with van der Waals surface area (Å²) < 4.78 is 32.7. The topological polar surface area (TPSA) is 275 Å². The zero-order valence-corrected chi connectivity index (χ0v) is 24.1. The van der Waals surface area contributed by atoms with E-state index in [1.165, 1.54) is 24.3 Å². The maximum Gasteiger partial charge on any atom is 0.314 e. The summed E-state index contributed by atoms with van der Waals surface area (Å²) in [6.07, 6.45) is 0. The number of nitro benzene ring substituents is 2. The Morgan fingerprint density at radius 2 is 1.26 bits per heavy atom. The molecule has 19 heteroatoms. The highest BCUT2D eigenvalue weighted by atomic mass is 32.2. The van der Waals surface area contributed by atoms with Crippen LogP contribution >= 0.6 is 0 Å². The number of hydrogen-bond donors (Lipinski definition) is 4. The van der Waals surface area contributed by atoms with E-state index in [1.54, 1.807) is 24.3 Å². The quantitative estimate of drug-likeness (QED) is 0.0508. The van der Waals surface area contributed by atoms with Crippen LogP contribution in [0.2, 0.25) is 0 Å². The SMILES string of the molecule is O=[N+]([O-])c1ccc(N=Nc2cc(O)c(N=Nc3cc(S(=O)(=O)O)cc([N+](=O)[O-])c3O)c(O)c2N=Nc2cccc3ccccc23)cc1. The van der Waals surface area contributed by atoms with E-state index in [0.29, 0.717) is 23.2 Å². The van der Waals surface area contributed by atoms with Gasteiger partial charge in [0.05, 0.1) is 21.2 Å². The number of azo groups is 3. The number of aromatic hydroxyl groups is 3. The average molecular weight is 659 g/mol. The number of benzene rings is 5. The number of nitro groups is 2. The molecule has 0 saturated heterocycles. The van der Waals surface area contributed by atoms with Gasteiger partial charge in [-0.3, -0.25) is 24.8 Å². The number of phenols is 3. The van der Waals surface area contributed by atoms with Crippen molar-refractivity contribution in [2.24, 2.45) is 30.7 Å². The number of rotatable bonds is 9. The molecule has 0 aliphatic rings. The number of non-ortho nitro benzene ring substituents is 1. The van der Waals surface area contributed by atoms with Gasteiger partial charge in [0.1, 0.15) is 22.0 Å². The molecule has 5 aromatic rings. The normalized spacial score (nSPS) is 12.0. The third-order valence-corrected chi connectivity index (χ3v) is 7.19. The lowest BCUT2D eigenvalue weighted by Crippen LogP contribution is -1.99. The molecule has 0 aliphatic carbocycles. The first-order valence-electron chi connectivity index (χ1n) is 12.9. The Morgan fingerprint density at radius 1 is 0.617 bits per heavy atom. The fourth-order valence-electron chi connectivity index (χ4n) is 4.09. The van der Waals surface area contributed by atoms with Crippen molar-refractivity contribution in [3.05, 3.63) is 105 Å². The minimum Gasteiger partial charge on any atom is -0.505 e. The van der Waals surface area contributed by atoms with E-state index in [0.717, 1.165) is 11.5 Å². The third kappa shape index (κ3) is 6.84. The van der Waals surface area contributed by atoms with Gasteiger partial charge in [-0.25, -0.2) is 0 Å². The van der Waals surface area contributed by atoms with Crippen LogP contribution in [0.5, 0.6) is 17.2 Å². The molecule has 0 atom stereocenters. The first kappa shape index (κ1) is 31.7. The summed E-state index contributed by atoms with van der Waals surface area (Å²) in [6, 6.07) is 19.3. The van der Waals surface area contributed by atoms with Crippen molar-refractivity contribution in [3.8, 4) is 17.2 Å². The molecule has 0 saturated carbocycles. The molecule has 5 rings (SSSR count). The first-order chi connectivity index (χ1) is 22.3. The standard InChI is InChI=1S/C28H18N8O10S/c37-24-14-21(31-29-16-8-10-17(11-9-16)35(40)41)25(33-30-20-7-3-5-15-4-1-2-6-19(15)20)28(39)26(24)34-32-22-12-18(47(44,45)46)13-23(27(22)38)36(42)43/h1-14,37-39H,(H,44,45,46). The van der Waals surface area contributed by atoms with Gasteiger partial charge in [0, 0.05) is 29.7 Å². The predicted octanol–water partition coefficient (Wildman–Crippen LogP) is 8.27. The van der Waals surface area contributed by atoms with Gasteiger partial charge in [-0.1, -0.05) is 36.4 Å². The van der Waals surface area contributed by atoms with E-state index in [1.807, 2.05) is 18.2 Å². The van der Waals surface area contributed by atoms with Crippen LogP contribution < -0.4 is 0 Å². The molecule has 0 spiro atoms. The van der Waals surface area contributed by atoms with Crippen molar-refractivity contribution in [1.82, 2.24) is 0 Å². The smallest absolute Gasteiger partial charge is 0.314 e. The first-order valence-corrected chi connectivity index (χ1v) is 14.3. The van der Waals surface area contributed by atoms with Crippen molar-refractivity contribution in [3.63, 3.8) is 0 Å². The monoisotopic (exact) mass is 658 g/mol. The Bertz CT molecular complexity index is 2270. The Morgan fingerprint density at radius 3 is 1.94 bits per heavy atom. The lowest BCUT2D eigenvalue weighted by Gasteiger charge is -2.08. The zero-order chi connectivity index (χ0) is 33.9. The van der Waals surface area contributed by atoms with Gasteiger partial charge in [0.2, 0.25) is 5.75 Å². The Kier molecular flexibility index (Phi) is 8.57. The summed E-state index contributed by atoms with van der Waals surface area (Å²) in [7, 11) is -4.99. The van der Waals surface area contributed by atoms with Gasteiger partial charge in [-0.05, 0) is 29.7 Å². The van der Waals surface area contributed by atoms with Crippen molar-refractivity contribution in [2.75, 3.05) is 0 Å². The number of nitrogens with zero attached hydrogens (tertiary/aromatic N) is 8. The van der Waals surface area contributed by atoms with Gasteiger partial charge in [0.15, 0.2) is 17.1 Å². The highest BCUT2D eigenvalue weighted by molar-refractivity contribution is 7.85. The minimum atomic E-state index is -4.99. The third-order valence-electron chi connectivity index (χ3n) is 6.36. The van der Waals surface area contributed by atoms with Crippen molar-refractivity contribution in [1.29, 1.82) is 0 Å². The maximum absolute atomic E-state index is 11.6.